The van der Waals surface area contributed by atoms with Gasteiger partial charge in [-0.05, 0) is 31.5 Å². The van der Waals surface area contributed by atoms with Crippen molar-refractivity contribution in [1.29, 1.82) is 0 Å². The van der Waals surface area contributed by atoms with Crippen molar-refractivity contribution in [2.24, 2.45) is 5.92 Å². The number of hydrogen-bond donors (Lipinski definition) is 1. The summed E-state index contributed by atoms with van der Waals surface area (Å²) in [4.78, 5) is 12.4. The molecule has 1 aliphatic rings. The van der Waals surface area contributed by atoms with Crippen molar-refractivity contribution in [2.45, 2.75) is 43.1 Å². The lowest BCUT2D eigenvalue weighted by atomic mass is 9.83. The molecule has 9 heteroatoms. The van der Waals surface area contributed by atoms with Gasteiger partial charge in [-0.2, -0.15) is 13.2 Å². The Labute approximate surface area is 173 Å². The predicted molar refractivity (Wildman–Crippen MR) is 104 cm³/mol. The van der Waals surface area contributed by atoms with Crippen molar-refractivity contribution in [3.05, 3.63) is 65.7 Å². The van der Waals surface area contributed by atoms with Crippen molar-refractivity contribution in [3.8, 4) is 0 Å². The van der Waals surface area contributed by atoms with Crippen LogP contribution in [0.5, 0.6) is 0 Å². The van der Waals surface area contributed by atoms with Crippen molar-refractivity contribution >= 4 is 15.8 Å². The third kappa shape index (κ3) is 4.09. The summed E-state index contributed by atoms with van der Waals surface area (Å²) in [5.41, 5.74) is -1.79. The molecule has 1 fully saturated rings. The van der Waals surface area contributed by atoms with E-state index in [1.54, 1.807) is 49.4 Å². The van der Waals surface area contributed by atoms with Gasteiger partial charge in [-0.25, -0.2) is 13.2 Å². The number of hydrogen-bond acceptors (Lipinski definition) is 5. The largest absolute Gasteiger partial charge is 0.461 e. The van der Waals surface area contributed by atoms with Gasteiger partial charge in [-0.3, -0.25) is 5.32 Å². The number of carbonyl (C=O) groups is 1. The molecule has 3 atom stereocenters. The standard InChI is InChI=1S/C21H22F3NO4S/c1-14-8-10-17(11-9-14)30(27,28)13-18-15(2)29-19(26)20(18,21(22,23)24)25-12-16-6-4-3-5-7-16/h3-11,15,18,25H,12-13H2,1-2H3/t15-,18-,20-/m0/s1. The summed E-state index contributed by atoms with van der Waals surface area (Å²) in [6, 6.07) is 14.1. The quantitative estimate of drug-likeness (QED) is 0.696. The third-order valence-corrected chi connectivity index (χ3v) is 7.17. The first-order chi connectivity index (χ1) is 14.0. The van der Waals surface area contributed by atoms with Crippen LogP contribution in [0.3, 0.4) is 0 Å². The van der Waals surface area contributed by atoms with E-state index in [9.17, 15) is 26.4 Å². The van der Waals surface area contributed by atoms with E-state index in [1.165, 1.54) is 19.1 Å². The van der Waals surface area contributed by atoms with Gasteiger partial charge in [0.1, 0.15) is 6.10 Å². The minimum Gasteiger partial charge on any atom is -0.461 e. The molecule has 1 aliphatic heterocycles. The van der Waals surface area contributed by atoms with Crippen LogP contribution in [0.25, 0.3) is 0 Å². The summed E-state index contributed by atoms with van der Waals surface area (Å²) in [5, 5.41) is 2.30. The second kappa shape index (κ2) is 8.03. The number of aryl methyl sites for hydroxylation is 1. The van der Waals surface area contributed by atoms with Crippen LogP contribution < -0.4 is 5.32 Å². The van der Waals surface area contributed by atoms with Crippen molar-refractivity contribution < 1.29 is 31.1 Å². The molecule has 1 heterocycles. The first-order valence-corrected chi connectivity index (χ1v) is 11.0. The molecule has 3 rings (SSSR count). The van der Waals surface area contributed by atoms with Gasteiger partial charge in [-0.1, -0.05) is 48.0 Å². The van der Waals surface area contributed by atoms with Gasteiger partial charge in [0.05, 0.1) is 10.6 Å². The number of esters is 1. The minimum absolute atomic E-state index is 0.0983. The fourth-order valence-corrected chi connectivity index (χ4v) is 5.39. The Morgan fingerprint density at radius 2 is 1.67 bits per heavy atom. The molecule has 1 N–H and O–H groups in total. The van der Waals surface area contributed by atoms with E-state index < -0.39 is 45.3 Å². The van der Waals surface area contributed by atoms with Crippen LogP contribution in [0.15, 0.2) is 59.5 Å². The molecule has 0 aliphatic carbocycles. The van der Waals surface area contributed by atoms with Gasteiger partial charge >= 0.3 is 12.1 Å². The van der Waals surface area contributed by atoms with Gasteiger partial charge in [0.15, 0.2) is 9.84 Å². The Morgan fingerprint density at radius 3 is 2.23 bits per heavy atom. The molecule has 30 heavy (non-hydrogen) atoms. The molecule has 0 amide bonds. The number of ether oxygens (including phenoxy) is 1. The van der Waals surface area contributed by atoms with E-state index in [1.807, 2.05) is 0 Å². The Morgan fingerprint density at radius 1 is 1.07 bits per heavy atom. The van der Waals surface area contributed by atoms with Crippen LogP contribution in [0.2, 0.25) is 0 Å². The molecule has 0 aromatic heterocycles. The summed E-state index contributed by atoms with van der Waals surface area (Å²) in [6.07, 6.45) is -6.29. The molecule has 162 valence electrons. The van der Waals surface area contributed by atoms with Crippen LogP contribution in [0.1, 0.15) is 18.1 Å². The molecule has 5 nitrogen and oxygen atoms in total. The van der Waals surface area contributed by atoms with Crippen LogP contribution >= 0.6 is 0 Å². The lowest BCUT2D eigenvalue weighted by Gasteiger charge is -2.34. The Bertz CT molecular complexity index is 1010. The van der Waals surface area contributed by atoms with Crippen molar-refractivity contribution in [3.63, 3.8) is 0 Å². The molecule has 0 saturated carbocycles. The number of benzene rings is 2. The number of cyclic esters (lactones) is 1. The van der Waals surface area contributed by atoms with E-state index >= 15 is 0 Å². The van der Waals surface area contributed by atoms with E-state index in [0.29, 0.717) is 5.56 Å². The van der Waals surface area contributed by atoms with Gasteiger partial charge in [0, 0.05) is 12.5 Å². The highest BCUT2D eigenvalue weighted by Gasteiger charge is 2.71. The Kier molecular flexibility index (Phi) is 5.97. The molecule has 0 radical (unpaired) electrons. The second-order valence-corrected chi connectivity index (χ2v) is 9.49. The number of nitrogens with one attached hydrogen (secondary N) is 1. The maximum Gasteiger partial charge on any atom is 0.417 e. The zero-order valence-corrected chi connectivity index (χ0v) is 17.3. The molecule has 0 unspecified atom stereocenters. The van der Waals surface area contributed by atoms with E-state index in [2.05, 4.69) is 5.32 Å². The highest BCUT2D eigenvalue weighted by Crippen LogP contribution is 2.45. The topological polar surface area (TPSA) is 72.5 Å². The lowest BCUT2D eigenvalue weighted by Crippen LogP contribution is -2.65. The van der Waals surface area contributed by atoms with Crippen LogP contribution in [0.4, 0.5) is 13.2 Å². The number of sulfone groups is 1. The summed E-state index contributed by atoms with van der Waals surface area (Å²) < 4.78 is 73.5. The average molecular weight is 441 g/mol. The van der Waals surface area contributed by atoms with Crippen LogP contribution in [0, 0.1) is 12.8 Å². The summed E-state index contributed by atoms with van der Waals surface area (Å²) >= 11 is 0. The van der Waals surface area contributed by atoms with E-state index in [4.69, 9.17) is 4.74 Å². The number of rotatable bonds is 6. The van der Waals surface area contributed by atoms with Crippen LogP contribution in [-0.2, 0) is 25.9 Å². The normalized spacial score (nSPS) is 24.6. The highest BCUT2D eigenvalue weighted by molar-refractivity contribution is 7.91. The molecule has 0 bridgehead atoms. The Hall–Kier alpha value is -2.39. The van der Waals surface area contributed by atoms with Crippen molar-refractivity contribution in [2.75, 3.05) is 5.75 Å². The van der Waals surface area contributed by atoms with Gasteiger partial charge in [0.2, 0.25) is 5.54 Å². The molecule has 2 aromatic carbocycles. The Balaban J connectivity index is 1.98. The molecule has 1 saturated heterocycles. The lowest BCUT2D eigenvalue weighted by molar-refractivity contribution is -0.208. The van der Waals surface area contributed by atoms with Gasteiger partial charge in [0.25, 0.3) is 0 Å². The highest BCUT2D eigenvalue weighted by atomic mass is 32.2. The molecule has 2 aromatic rings. The SMILES string of the molecule is Cc1ccc(S(=O)(=O)C[C@H]2[C@H](C)OC(=O)[C@]2(NCc2ccccc2)C(F)(F)F)cc1. The minimum atomic E-state index is -5.06. The number of alkyl halides is 3. The molecular weight excluding hydrogens is 419 g/mol. The summed E-state index contributed by atoms with van der Waals surface area (Å²) in [6.45, 7) is 2.78. The monoisotopic (exact) mass is 441 g/mol. The van der Waals surface area contributed by atoms with Gasteiger partial charge < -0.3 is 4.74 Å². The van der Waals surface area contributed by atoms with E-state index in [0.717, 1.165) is 5.56 Å². The maximum absolute atomic E-state index is 14.3. The fraction of sp³-hybridized carbons (Fsp3) is 0.381. The zero-order chi connectivity index (χ0) is 22.2. The summed E-state index contributed by atoms with van der Waals surface area (Å²) in [7, 11) is -4.10. The van der Waals surface area contributed by atoms with E-state index in [-0.39, 0.29) is 11.4 Å². The smallest absolute Gasteiger partial charge is 0.417 e. The average Bonchev–Trinajstić information content (AvgIpc) is 2.91. The molecule has 0 spiro atoms. The molecular formula is C21H22F3NO4S. The first-order valence-electron chi connectivity index (χ1n) is 9.33. The second-order valence-electron chi connectivity index (χ2n) is 7.46. The first kappa shape index (κ1) is 22.3. The fourth-order valence-electron chi connectivity index (χ4n) is 3.65. The predicted octanol–water partition coefficient (Wildman–Crippen LogP) is 3.42. The van der Waals surface area contributed by atoms with Gasteiger partial charge in [-0.15, -0.1) is 0 Å². The van der Waals surface area contributed by atoms with Crippen LogP contribution in [-0.4, -0.2) is 38.0 Å². The van der Waals surface area contributed by atoms with Crippen molar-refractivity contribution in [1.82, 2.24) is 5.32 Å². The number of halogens is 3. The summed E-state index contributed by atoms with van der Waals surface area (Å²) in [5.74, 6) is -4.05. The third-order valence-electron chi connectivity index (χ3n) is 5.38. The zero-order valence-electron chi connectivity index (χ0n) is 16.4. The maximum atomic E-state index is 14.3. The number of carbonyl (C=O) groups excluding carboxylic acids is 1.